The number of rotatable bonds is 4. The van der Waals surface area contributed by atoms with Gasteiger partial charge in [-0.25, -0.2) is 0 Å². The summed E-state index contributed by atoms with van der Waals surface area (Å²) in [5, 5.41) is 47.4. The highest BCUT2D eigenvalue weighted by Gasteiger charge is 2.26. The standard InChI is InChI=1S/C46H26O2.C24H17BO2.C22H11BrO2/c1-2-12-28-25-29(22-21-27(28)11-1)41-31-13-3-5-15-33(31)42(34-16-6-4-14-32(34)41)30-23-24-40-38(26-30)44-36-18-8-7-17-35(36)43-37-19-9-10-20-39(37)47-45(43)46(44)48-40;26-25(27)24-21-11-5-3-9-19(21)23(20-10-4-6-12-22(20)24)18-14-13-16-7-1-2-8-17(16)15-18;23-12-9-10-18-16(11-12)20-14-6-2-1-5-13(14)19-15-7-3-4-8-17(15)24-21(19)22(20)25-18/h1-26H;1-15,26-27H;1-11H. The van der Waals surface area contributed by atoms with E-state index in [1.807, 2.05) is 91.0 Å². The topological polar surface area (TPSA) is 93.0 Å². The number of benzene rings is 18. The summed E-state index contributed by atoms with van der Waals surface area (Å²) in [6.07, 6.45) is 0. The van der Waals surface area contributed by atoms with E-state index in [0.717, 1.165) is 130 Å². The third kappa shape index (κ3) is 8.98. The van der Waals surface area contributed by atoms with E-state index < -0.39 is 7.12 Å². The van der Waals surface area contributed by atoms with Gasteiger partial charge >= 0.3 is 7.12 Å². The zero-order valence-electron chi connectivity index (χ0n) is 53.5. The number of hydrogen-bond donors (Lipinski definition) is 2. The molecule has 468 valence electrons. The van der Waals surface area contributed by atoms with Crippen LogP contribution >= 0.6 is 15.9 Å². The summed E-state index contributed by atoms with van der Waals surface area (Å²) >= 11 is 3.58. The molecule has 18 aromatic carbocycles. The van der Waals surface area contributed by atoms with E-state index >= 15 is 0 Å². The zero-order valence-corrected chi connectivity index (χ0v) is 55.1. The van der Waals surface area contributed by atoms with Crippen LogP contribution in [0.1, 0.15) is 0 Å². The van der Waals surface area contributed by atoms with Crippen molar-refractivity contribution in [2.45, 2.75) is 0 Å². The molecule has 0 spiro atoms. The van der Waals surface area contributed by atoms with Crippen molar-refractivity contribution in [2.75, 3.05) is 0 Å². The minimum absolute atomic E-state index is 0.561. The first-order chi connectivity index (χ1) is 49.4. The number of hydrogen-bond acceptors (Lipinski definition) is 6. The van der Waals surface area contributed by atoms with E-state index in [-0.39, 0.29) is 0 Å². The number of para-hydroxylation sites is 2. The highest BCUT2D eigenvalue weighted by molar-refractivity contribution is 9.10. The molecule has 6 nitrogen and oxygen atoms in total. The smallest absolute Gasteiger partial charge is 0.452 e. The lowest BCUT2D eigenvalue weighted by Gasteiger charge is -2.18. The molecule has 22 aromatic rings. The van der Waals surface area contributed by atoms with E-state index in [1.54, 1.807) is 0 Å². The van der Waals surface area contributed by atoms with Crippen LogP contribution in [0.4, 0.5) is 0 Å². The van der Waals surface area contributed by atoms with Crippen molar-refractivity contribution in [2.24, 2.45) is 0 Å². The Bertz CT molecular complexity index is 7060. The quantitative estimate of drug-likeness (QED) is 0.135. The SMILES string of the molecule is Brc1ccc2oc3c4oc5ccccc5c4c4ccccc4c3c2c1.OB(O)c1c2ccccc2c(-c2ccc3ccccc3c2)c2ccccc12.c1ccc2cc(-c3c4ccccc4c(-c4ccc5oc6c7oc8ccccc8c7c7ccccc7c6c5c4)c4ccccc34)ccc2c1. The van der Waals surface area contributed by atoms with Gasteiger partial charge in [-0.3, -0.25) is 0 Å². The van der Waals surface area contributed by atoms with Crippen molar-refractivity contribution in [3.63, 3.8) is 0 Å². The number of furan rings is 4. The van der Waals surface area contributed by atoms with Crippen molar-refractivity contribution in [1.29, 1.82) is 0 Å². The molecule has 0 saturated heterocycles. The van der Waals surface area contributed by atoms with Gasteiger partial charge in [0.2, 0.25) is 0 Å². The maximum atomic E-state index is 10.1. The Morgan fingerprint density at radius 2 is 0.490 bits per heavy atom. The zero-order chi connectivity index (χ0) is 66.3. The third-order valence-electron chi connectivity index (χ3n) is 20.4. The van der Waals surface area contributed by atoms with Gasteiger partial charge in [0.1, 0.15) is 22.3 Å². The molecule has 0 fully saturated rings. The molecule has 0 bridgehead atoms. The molecule has 0 aliphatic heterocycles. The Hall–Kier alpha value is -12.3. The molecule has 4 aromatic heterocycles. The van der Waals surface area contributed by atoms with Gasteiger partial charge in [0, 0.05) is 47.6 Å². The first kappa shape index (κ1) is 57.9. The van der Waals surface area contributed by atoms with Crippen molar-refractivity contribution < 1.29 is 27.7 Å². The fourth-order valence-electron chi connectivity index (χ4n) is 16.2. The van der Waals surface area contributed by atoms with Crippen LogP contribution in [0.3, 0.4) is 0 Å². The summed E-state index contributed by atoms with van der Waals surface area (Å²) in [4.78, 5) is 0. The Morgan fingerprint density at radius 3 is 0.880 bits per heavy atom. The second-order valence-corrected chi connectivity index (χ2v) is 26.8. The number of halogens is 1. The average Bonchev–Trinajstić information content (AvgIpc) is 1.50. The second kappa shape index (κ2) is 22.9. The van der Waals surface area contributed by atoms with Gasteiger partial charge in [-0.2, -0.15) is 0 Å². The van der Waals surface area contributed by atoms with Gasteiger partial charge in [0.05, 0.1) is 0 Å². The van der Waals surface area contributed by atoms with Crippen LogP contribution in [-0.2, 0) is 0 Å². The van der Waals surface area contributed by atoms with E-state index in [0.29, 0.717) is 5.46 Å². The predicted octanol–water partition coefficient (Wildman–Crippen LogP) is 25.3. The minimum Gasteiger partial charge on any atom is -0.452 e. The van der Waals surface area contributed by atoms with Gasteiger partial charge in [0.15, 0.2) is 22.3 Å². The van der Waals surface area contributed by atoms with Crippen LogP contribution in [0.25, 0.3) is 207 Å². The molecular weight excluding hydrogens is 1290 g/mol. The molecule has 0 atom stereocenters. The maximum Gasteiger partial charge on any atom is 0.489 e. The lowest BCUT2D eigenvalue weighted by atomic mass is 9.72. The molecular formula is C92H54BBrO6. The van der Waals surface area contributed by atoms with Crippen molar-refractivity contribution in [3.05, 3.63) is 320 Å². The maximum absolute atomic E-state index is 10.1. The van der Waals surface area contributed by atoms with E-state index in [2.05, 4.69) is 240 Å². The third-order valence-corrected chi connectivity index (χ3v) is 20.9. The van der Waals surface area contributed by atoms with Gasteiger partial charge in [-0.1, -0.05) is 277 Å². The molecule has 0 radical (unpaired) electrons. The van der Waals surface area contributed by atoms with Crippen molar-refractivity contribution in [3.8, 4) is 33.4 Å². The lowest BCUT2D eigenvalue weighted by molar-refractivity contribution is 0.426. The molecule has 100 heavy (non-hydrogen) atoms. The summed E-state index contributed by atoms with van der Waals surface area (Å²) in [5.41, 5.74) is 14.4. The first-order valence-electron chi connectivity index (χ1n) is 33.6. The summed E-state index contributed by atoms with van der Waals surface area (Å²) < 4.78 is 26.7. The molecule has 4 heterocycles. The summed E-state index contributed by atoms with van der Waals surface area (Å²) in [6, 6.07) is 110. The highest BCUT2D eigenvalue weighted by Crippen LogP contribution is 2.50. The predicted molar refractivity (Wildman–Crippen MR) is 422 cm³/mol. The summed E-state index contributed by atoms with van der Waals surface area (Å²) in [5.74, 6) is 0. The Labute approximate surface area is 579 Å². The molecule has 2 N–H and O–H groups in total. The van der Waals surface area contributed by atoms with Crippen LogP contribution in [0.5, 0.6) is 0 Å². The Kier molecular flexibility index (Phi) is 13.3. The molecule has 8 heteroatoms. The summed E-state index contributed by atoms with van der Waals surface area (Å²) in [6.45, 7) is 0. The Balaban J connectivity index is 0.000000110. The van der Waals surface area contributed by atoms with E-state index in [9.17, 15) is 10.0 Å². The lowest BCUT2D eigenvalue weighted by Crippen LogP contribution is -2.31. The molecule has 0 aliphatic carbocycles. The van der Waals surface area contributed by atoms with Crippen molar-refractivity contribution in [1.82, 2.24) is 0 Å². The van der Waals surface area contributed by atoms with Crippen LogP contribution < -0.4 is 5.46 Å². The Morgan fingerprint density at radius 1 is 0.220 bits per heavy atom. The fourth-order valence-corrected chi connectivity index (χ4v) is 16.5. The van der Waals surface area contributed by atoms with Crippen molar-refractivity contribution >= 4 is 202 Å². The van der Waals surface area contributed by atoms with Gasteiger partial charge in [0.25, 0.3) is 0 Å². The largest absolute Gasteiger partial charge is 0.489 e. The van der Waals surface area contributed by atoms with E-state index in [1.165, 1.54) is 81.3 Å². The van der Waals surface area contributed by atoms with Gasteiger partial charge in [-0.05, 0) is 180 Å². The fraction of sp³-hybridized carbons (Fsp3) is 0. The molecule has 0 aliphatic rings. The average molecular weight is 1350 g/mol. The molecule has 0 amide bonds. The van der Waals surface area contributed by atoms with Gasteiger partial charge < -0.3 is 27.7 Å². The van der Waals surface area contributed by atoms with Gasteiger partial charge in [-0.15, -0.1) is 0 Å². The normalized spacial score (nSPS) is 11.9. The first-order valence-corrected chi connectivity index (χ1v) is 34.4. The van der Waals surface area contributed by atoms with E-state index in [4.69, 9.17) is 17.7 Å². The molecule has 22 rings (SSSR count). The minimum atomic E-state index is -1.52. The van der Waals surface area contributed by atoms with Crippen LogP contribution in [0.2, 0.25) is 0 Å². The molecule has 0 unspecified atom stereocenters. The van der Waals surface area contributed by atoms with Crippen LogP contribution in [-0.4, -0.2) is 17.2 Å². The van der Waals surface area contributed by atoms with Crippen LogP contribution in [0, 0.1) is 0 Å². The summed E-state index contributed by atoms with van der Waals surface area (Å²) in [7, 11) is -1.52. The molecule has 0 saturated carbocycles. The monoisotopic (exact) mass is 1340 g/mol. The number of fused-ring (bicyclic) bond motifs is 26. The van der Waals surface area contributed by atoms with Crippen LogP contribution in [0.15, 0.2) is 338 Å². The second-order valence-electron chi connectivity index (χ2n) is 25.9. The highest BCUT2D eigenvalue weighted by atomic mass is 79.9.